The quantitative estimate of drug-likeness (QED) is 0.347. The molecule has 0 saturated carbocycles. The predicted molar refractivity (Wildman–Crippen MR) is 147 cm³/mol. The summed E-state index contributed by atoms with van der Waals surface area (Å²) < 4.78 is 0. The van der Waals surface area contributed by atoms with Gasteiger partial charge in [0.2, 0.25) is 0 Å². The van der Waals surface area contributed by atoms with E-state index in [2.05, 4.69) is 55.4 Å². The lowest BCUT2D eigenvalue weighted by Gasteiger charge is -2.33. The molecular formula is C31H44O4. The monoisotopic (exact) mass is 480 g/mol. The number of hydrogen-bond acceptors (Lipinski definition) is 4. The minimum atomic E-state index is 0.159. The van der Waals surface area contributed by atoms with Crippen molar-refractivity contribution in [3.63, 3.8) is 0 Å². The molecule has 3 aromatic rings. The molecule has 0 bridgehead atoms. The van der Waals surface area contributed by atoms with E-state index in [0.29, 0.717) is 22.7 Å². The van der Waals surface area contributed by atoms with Crippen molar-refractivity contribution in [3.8, 4) is 17.2 Å². The van der Waals surface area contributed by atoms with Gasteiger partial charge in [0.05, 0.1) is 0 Å². The molecule has 3 rings (SSSR count). The number of rotatable bonds is 2. The van der Waals surface area contributed by atoms with Gasteiger partial charge in [0.15, 0.2) is 0 Å². The first-order chi connectivity index (χ1) is 16.1. The van der Waals surface area contributed by atoms with Crippen LogP contribution in [0.5, 0.6) is 17.2 Å². The second-order valence-electron chi connectivity index (χ2n) is 11.3. The number of carbonyl (C=O) groups excluding carboxylic acids is 1. The molecule has 0 aliphatic rings. The number of phenols is 3. The lowest BCUT2D eigenvalue weighted by Crippen LogP contribution is -2.24. The third-order valence-electron chi connectivity index (χ3n) is 5.11. The lowest BCUT2D eigenvalue weighted by molar-refractivity contribution is -0.0980. The van der Waals surface area contributed by atoms with Gasteiger partial charge in [0.25, 0.3) is 0 Å². The maximum Gasteiger partial charge on any atom is 0.115 e. The Kier molecular flexibility index (Phi) is 12.9. The SMILES string of the molecule is C=O.CC(C)(C)CC(C)(C)c1ccc(O)cc1.CC(C)(C)c1ccc(O)cc1.Oc1ccccc1. The number of carbonyl (C=O) groups is 1. The molecule has 0 aliphatic heterocycles. The van der Waals surface area contributed by atoms with Crippen LogP contribution in [0.1, 0.15) is 72.9 Å². The molecule has 192 valence electrons. The number of phenolic OH excluding ortho intramolecular Hbond substituents is 3. The predicted octanol–water partition coefficient (Wildman–Crippen LogP) is 8.00. The van der Waals surface area contributed by atoms with Gasteiger partial charge >= 0.3 is 0 Å². The highest BCUT2D eigenvalue weighted by Gasteiger charge is 2.26. The van der Waals surface area contributed by atoms with Gasteiger partial charge in [-0.05, 0) is 70.2 Å². The number of benzene rings is 3. The topological polar surface area (TPSA) is 77.8 Å². The summed E-state index contributed by atoms with van der Waals surface area (Å²) in [5, 5.41) is 26.9. The molecule has 0 saturated heterocycles. The van der Waals surface area contributed by atoms with Crippen LogP contribution in [0.15, 0.2) is 78.9 Å². The van der Waals surface area contributed by atoms with Crippen molar-refractivity contribution >= 4 is 6.79 Å². The zero-order valence-corrected chi connectivity index (χ0v) is 22.7. The Morgan fingerprint density at radius 2 is 0.886 bits per heavy atom. The van der Waals surface area contributed by atoms with E-state index >= 15 is 0 Å². The maximum atomic E-state index is 9.25. The van der Waals surface area contributed by atoms with E-state index in [0.717, 1.165) is 6.42 Å². The molecule has 0 aliphatic carbocycles. The van der Waals surface area contributed by atoms with Gasteiger partial charge in [0.1, 0.15) is 24.0 Å². The Labute approximate surface area is 212 Å². The molecule has 3 N–H and O–H groups in total. The summed E-state index contributed by atoms with van der Waals surface area (Å²) in [6.07, 6.45) is 1.13. The van der Waals surface area contributed by atoms with E-state index in [1.807, 2.05) is 37.1 Å². The van der Waals surface area contributed by atoms with Crippen LogP contribution in [0.2, 0.25) is 0 Å². The van der Waals surface area contributed by atoms with Gasteiger partial charge in [-0.15, -0.1) is 0 Å². The van der Waals surface area contributed by atoms with Crippen LogP contribution in [0.3, 0.4) is 0 Å². The van der Waals surface area contributed by atoms with Crippen molar-refractivity contribution in [2.24, 2.45) is 5.41 Å². The standard InChI is InChI=1S/C14H22O.C10H14O.C6H6O.CH2O/c1-13(2,3)10-14(4,5)11-6-8-12(15)9-7-11;1-10(2,3)8-4-6-9(11)7-5-8;7-6-4-2-1-3-5-6;1-2/h6-9,15H,10H2,1-5H3;4-7,11H,1-3H3;1-5,7H;1H2. The molecule has 0 heterocycles. The van der Waals surface area contributed by atoms with Crippen LogP contribution in [0.25, 0.3) is 0 Å². The Balaban J connectivity index is 0.000000506. The second-order valence-corrected chi connectivity index (χ2v) is 11.3. The minimum Gasteiger partial charge on any atom is -0.508 e. The fraction of sp³-hybridized carbons (Fsp3) is 0.387. The van der Waals surface area contributed by atoms with E-state index < -0.39 is 0 Å². The lowest BCUT2D eigenvalue weighted by atomic mass is 9.72. The van der Waals surface area contributed by atoms with E-state index in [-0.39, 0.29) is 10.8 Å². The van der Waals surface area contributed by atoms with Crippen LogP contribution >= 0.6 is 0 Å². The van der Waals surface area contributed by atoms with Gasteiger partial charge < -0.3 is 20.1 Å². The van der Waals surface area contributed by atoms with Crippen molar-refractivity contribution in [1.82, 2.24) is 0 Å². The second kappa shape index (κ2) is 14.2. The maximum absolute atomic E-state index is 9.25. The van der Waals surface area contributed by atoms with Gasteiger partial charge in [-0.25, -0.2) is 0 Å². The van der Waals surface area contributed by atoms with Crippen molar-refractivity contribution in [3.05, 3.63) is 90.0 Å². The van der Waals surface area contributed by atoms with Crippen LogP contribution in [0.4, 0.5) is 0 Å². The molecule has 0 fully saturated rings. The van der Waals surface area contributed by atoms with Crippen molar-refractivity contribution < 1.29 is 20.1 Å². The largest absolute Gasteiger partial charge is 0.508 e. The normalized spacial score (nSPS) is 11.0. The Bertz CT molecular complexity index is 946. The molecule has 4 heteroatoms. The van der Waals surface area contributed by atoms with Crippen molar-refractivity contribution in [2.45, 2.75) is 72.6 Å². The molecule has 0 atom stereocenters. The van der Waals surface area contributed by atoms with Gasteiger partial charge in [0, 0.05) is 0 Å². The molecule has 0 spiro atoms. The molecule has 0 aromatic heterocycles. The highest BCUT2D eigenvalue weighted by molar-refractivity contribution is 5.31. The fourth-order valence-corrected chi connectivity index (χ4v) is 3.73. The highest BCUT2D eigenvalue weighted by atomic mass is 16.3. The summed E-state index contributed by atoms with van der Waals surface area (Å²) in [5.74, 6) is 0.991. The summed E-state index contributed by atoms with van der Waals surface area (Å²) in [5.41, 5.74) is 3.19. The summed E-state index contributed by atoms with van der Waals surface area (Å²) in [7, 11) is 0. The van der Waals surface area contributed by atoms with Crippen LogP contribution in [0, 0.1) is 5.41 Å². The van der Waals surface area contributed by atoms with Crippen molar-refractivity contribution in [1.29, 1.82) is 0 Å². The summed E-state index contributed by atoms with van der Waals surface area (Å²) in [4.78, 5) is 8.00. The first-order valence-corrected chi connectivity index (χ1v) is 11.7. The molecule has 35 heavy (non-hydrogen) atoms. The molecule has 4 nitrogen and oxygen atoms in total. The number of para-hydroxylation sites is 1. The van der Waals surface area contributed by atoms with E-state index in [9.17, 15) is 5.11 Å². The Morgan fingerprint density at radius 3 is 1.17 bits per heavy atom. The van der Waals surface area contributed by atoms with E-state index in [1.54, 1.807) is 48.5 Å². The molecule has 0 unspecified atom stereocenters. The summed E-state index contributed by atoms with van der Waals surface area (Å²) >= 11 is 0. The number of hydrogen-bond donors (Lipinski definition) is 3. The summed E-state index contributed by atoms with van der Waals surface area (Å²) in [6, 6.07) is 23.6. The molecule has 3 aromatic carbocycles. The molecular weight excluding hydrogens is 436 g/mol. The Hall–Kier alpha value is -3.27. The average molecular weight is 481 g/mol. The smallest absolute Gasteiger partial charge is 0.115 e. The number of aromatic hydroxyl groups is 3. The van der Waals surface area contributed by atoms with Gasteiger partial charge in [-0.2, -0.15) is 0 Å². The molecule has 0 amide bonds. The zero-order valence-electron chi connectivity index (χ0n) is 22.7. The Morgan fingerprint density at radius 1 is 0.543 bits per heavy atom. The summed E-state index contributed by atoms with van der Waals surface area (Å²) in [6.45, 7) is 19.7. The average Bonchev–Trinajstić information content (AvgIpc) is 2.75. The molecule has 0 radical (unpaired) electrons. The van der Waals surface area contributed by atoms with E-state index in [4.69, 9.17) is 15.0 Å². The first-order valence-electron chi connectivity index (χ1n) is 11.7. The zero-order chi connectivity index (χ0) is 27.3. The third kappa shape index (κ3) is 13.9. The van der Waals surface area contributed by atoms with Crippen LogP contribution < -0.4 is 0 Å². The third-order valence-corrected chi connectivity index (χ3v) is 5.11. The first kappa shape index (κ1) is 31.7. The van der Waals surface area contributed by atoms with Gasteiger partial charge in [-0.1, -0.05) is 97.9 Å². The minimum absolute atomic E-state index is 0.159. The van der Waals surface area contributed by atoms with Crippen molar-refractivity contribution in [2.75, 3.05) is 0 Å². The fourth-order valence-electron chi connectivity index (χ4n) is 3.73. The van der Waals surface area contributed by atoms with E-state index in [1.165, 1.54) is 11.1 Å². The highest BCUT2D eigenvalue weighted by Crippen LogP contribution is 2.36. The van der Waals surface area contributed by atoms with Crippen LogP contribution in [-0.2, 0) is 15.6 Å². The van der Waals surface area contributed by atoms with Crippen LogP contribution in [-0.4, -0.2) is 22.1 Å². The van der Waals surface area contributed by atoms with Gasteiger partial charge in [-0.3, -0.25) is 0 Å².